The Morgan fingerprint density at radius 3 is 2.73 bits per heavy atom. The first-order valence-corrected chi connectivity index (χ1v) is 5.16. The molecule has 0 aliphatic carbocycles. The largest absolute Gasteiger partial charge is 0.369 e. The first kappa shape index (κ1) is 12.1. The van der Waals surface area contributed by atoms with Gasteiger partial charge in [-0.25, -0.2) is 0 Å². The SMILES string of the molecule is CCCC(N)c1noc(C(C)(C)OC)n1. The molecule has 2 N–H and O–H groups in total. The Kier molecular flexibility index (Phi) is 3.82. The Labute approximate surface area is 90.0 Å². The van der Waals surface area contributed by atoms with Crippen LogP contribution in [0.5, 0.6) is 0 Å². The Hall–Kier alpha value is -0.940. The van der Waals surface area contributed by atoms with Gasteiger partial charge in [0.1, 0.15) is 5.60 Å². The zero-order valence-corrected chi connectivity index (χ0v) is 9.78. The van der Waals surface area contributed by atoms with Crippen LogP contribution in [0.4, 0.5) is 0 Å². The topological polar surface area (TPSA) is 74.2 Å². The lowest BCUT2D eigenvalue weighted by molar-refractivity contribution is -0.00786. The molecule has 1 aromatic rings. The summed E-state index contributed by atoms with van der Waals surface area (Å²) in [6.07, 6.45) is 1.85. The molecule has 1 atom stereocenters. The number of hydrogen-bond donors (Lipinski definition) is 1. The summed E-state index contributed by atoms with van der Waals surface area (Å²) in [5.74, 6) is 1.02. The molecule has 0 spiro atoms. The molecule has 0 aliphatic heterocycles. The van der Waals surface area contributed by atoms with Gasteiger partial charge >= 0.3 is 0 Å². The van der Waals surface area contributed by atoms with Gasteiger partial charge in [0.2, 0.25) is 0 Å². The van der Waals surface area contributed by atoms with Gasteiger partial charge in [0.05, 0.1) is 6.04 Å². The van der Waals surface area contributed by atoms with Crippen molar-refractivity contribution in [3.05, 3.63) is 11.7 Å². The molecule has 0 aliphatic rings. The molecule has 0 bridgehead atoms. The predicted octanol–water partition coefficient (Wildman–Crippen LogP) is 1.75. The third kappa shape index (κ3) is 2.76. The van der Waals surface area contributed by atoms with E-state index in [1.54, 1.807) is 7.11 Å². The van der Waals surface area contributed by atoms with Crippen LogP contribution in [-0.4, -0.2) is 17.3 Å². The van der Waals surface area contributed by atoms with Crippen molar-refractivity contribution in [1.29, 1.82) is 0 Å². The van der Waals surface area contributed by atoms with Crippen molar-refractivity contribution in [2.45, 2.75) is 45.3 Å². The molecule has 1 unspecified atom stereocenters. The summed E-state index contributed by atoms with van der Waals surface area (Å²) >= 11 is 0. The summed E-state index contributed by atoms with van der Waals surface area (Å²) in [7, 11) is 1.61. The molecule has 86 valence electrons. The number of nitrogens with two attached hydrogens (primary N) is 1. The van der Waals surface area contributed by atoms with Crippen molar-refractivity contribution < 1.29 is 9.26 Å². The van der Waals surface area contributed by atoms with Gasteiger partial charge in [-0.05, 0) is 20.3 Å². The Bertz CT molecular complexity index is 309. The van der Waals surface area contributed by atoms with Crippen LogP contribution in [0.3, 0.4) is 0 Å². The lowest BCUT2D eigenvalue weighted by Gasteiger charge is -2.16. The van der Waals surface area contributed by atoms with E-state index in [-0.39, 0.29) is 6.04 Å². The van der Waals surface area contributed by atoms with Crippen molar-refractivity contribution in [3.8, 4) is 0 Å². The second-order valence-electron chi connectivity index (χ2n) is 4.07. The van der Waals surface area contributed by atoms with Gasteiger partial charge in [-0.15, -0.1) is 0 Å². The highest BCUT2D eigenvalue weighted by atomic mass is 16.5. The van der Waals surface area contributed by atoms with E-state index < -0.39 is 5.60 Å². The molecule has 15 heavy (non-hydrogen) atoms. The van der Waals surface area contributed by atoms with Crippen LogP contribution in [0.2, 0.25) is 0 Å². The van der Waals surface area contributed by atoms with E-state index in [9.17, 15) is 0 Å². The van der Waals surface area contributed by atoms with Crippen molar-refractivity contribution in [2.75, 3.05) is 7.11 Å². The van der Waals surface area contributed by atoms with Crippen LogP contribution >= 0.6 is 0 Å². The fraction of sp³-hybridized carbons (Fsp3) is 0.800. The molecule has 0 saturated carbocycles. The molecule has 1 aromatic heterocycles. The maximum atomic E-state index is 5.88. The van der Waals surface area contributed by atoms with Gasteiger partial charge in [-0.3, -0.25) is 0 Å². The summed E-state index contributed by atoms with van der Waals surface area (Å²) in [6, 6.07) is -0.153. The van der Waals surface area contributed by atoms with Crippen LogP contribution in [0.25, 0.3) is 0 Å². The Morgan fingerprint density at radius 2 is 2.20 bits per heavy atom. The first-order chi connectivity index (χ1) is 7.01. The highest BCUT2D eigenvalue weighted by molar-refractivity contribution is 4.98. The highest BCUT2D eigenvalue weighted by Gasteiger charge is 2.28. The molecule has 1 heterocycles. The lowest BCUT2D eigenvalue weighted by Crippen LogP contribution is -2.20. The number of aromatic nitrogens is 2. The summed E-state index contributed by atoms with van der Waals surface area (Å²) in [5.41, 5.74) is 5.32. The second kappa shape index (κ2) is 4.72. The maximum absolute atomic E-state index is 5.88. The zero-order valence-electron chi connectivity index (χ0n) is 9.78. The van der Waals surface area contributed by atoms with E-state index in [1.165, 1.54) is 0 Å². The first-order valence-electron chi connectivity index (χ1n) is 5.16. The molecule has 0 radical (unpaired) electrons. The standard InChI is InChI=1S/C10H19N3O2/c1-5-6-7(11)8-12-9(15-13-8)10(2,3)14-4/h7H,5-6,11H2,1-4H3. The van der Waals surface area contributed by atoms with E-state index in [1.807, 2.05) is 13.8 Å². The Balaban J connectivity index is 2.80. The van der Waals surface area contributed by atoms with Crippen molar-refractivity contribution in [2.24, 2.45) is 5.73 Å². The van der Waals surface area contributed by atoms with E-state index in [4.69, 9.17) is 15.0 Å². The zero-order chi connectivity index (χ0) is 11.5. The van der Waals surface area contributed by atoms with E-state index in [0.29, 0.717) is 11.7 Å². The monoisotopic (exact) mass is 213 g/mol. The highest BCUT2D eigenvalue weighted by Crippen LogP contribution is 2.23. The van der Waals surface area contributed by atoms with E-state index in [2.05, 4.69) is 17.1 Å². The number of methoxy groups -OCH3 is 1. The molecule has 5 nitrogen and oxygen atoms in total. The molecule has 0 fully saturated rings. The van der Waals surface area contributed by atoms with E-state index in [0.717, 1.165) is 12.8 Å². The summed E-state index contributed by atoms with van der Waals surface area (Å²) in [5, 5.41) is 3.86. The van der Waals surface area contributed by atoms with Gasteiger partial charge in [0, 0.05) is 7.11 Å². The molecule has 0 amide bonds. The van der Waals surface area contributed by atoms with Crippen LogP contribution < -0.4 is 5.73 Å². The molecule has 5 heteroatoms. The molecule has 0 aromatic carbocycles. The summed E-state index contributed by atoms with van der Waals surface area (Å²) in [4.78, 5) is 4.24. The van der Waals surface area contributed by atoms with Crippen LogP contribution in [-0.2, 0) is 10.3 Å². The third-order valence-electron chi connectivity index (χ3n) is 2.40. The minimum absolute atomic E-state index is 0.153. The fourth-order valence-electron chi connectivity index (χ4n) is 1.16. The minimum atomic E-state index is -0.558. The van der Waals surface area contributed by atoms with Crippen molar-refractivity contribution in [3.63, 3.8) is 0 Å². The predicted molar refractivity (Wildman–Crippen MR) is 56.2 cm³/mol. The fourth-order valence-corrected chi connectivity index (χ4v) is 1.16. The van der Waals surface area contributed by atoms with Gasteiger partial charge in [0.25, 0.3) is 5.89 Å². The van der Waals surface area contributed by atoms with Gasteiger partial charge in [-0.2, -0.15) is 4.98 Å². The Morgan fingerprint density at radius 1 is 1.53 bits per heavy atom. The number of ether oxygens (including phenoxy) is 1. The minimum Gasteiger partial charge on any atom is -0.369 e. The molecular weight excluding hydrogens is 194 g/mol. The van der Waals surface area contributed by atoms with Crippen LogP contribution in [0.1, 0.15) is 51.4 Å². The summed E-state index contributed by atoms with van der Waals surface area (Å²) in [6.45, 7) is 5.81. The maximum Gasteiger partial charge on any atom is 0.258 e. The number of rotatable bonds is 5. The molecule has 0 saturated heterocycles. The molecular formula is C10H19N3O2. The van der Waals surface area contributed by atoms with Crippen LogP contribution in [0.15, 0.2) is 4.52 Å². The van der Waals surface area contributed by atoms with Gasteiger partial charge < -0.3 is 15.0 Å². The number of nitrogens with zero attached hydrogens (tertiary/aromatic N) is 2. The summed E-state index contributed by atoms with van der Waals surface area (Å²) < 4.78 is 10.4. The lowest BCUT2D eigenvalue weighted by atomic mass is 10.1. The second-order valence-corrected chi connectivity index (χ2v) is 4.07. The van der Waals surface area contributed by atoms with Crippen molar-refractivity contribution >= 4 is 0 Å². The van der Waals surface area contributed by atoms with Crippen molar-refractivity contribution in [1.82, 2.24) is 10.1 Å². The average Bonchev–Trinajstić information content (AvgIpc) is 2.67. The quantitative estimate of drug-likeness (QED) is 0.806. The van der Waals surface area contributed by atoms with Gasteiger partial charge in [-0.1, -0.05) is 18.5 Å². The van der Waals surface area contributed by atoms with Crippen LogP contribution in [0, 0.1) is 0 Å². The average molecular weight is 213 g/mol. The molecule has 1 rings (SSSR count). The number of hydrogen-bond acceptors (Lipinski definition) is 5. The normalized spacial score (nSPS) is 14.2. The third-order valence-corrected chi connectivity index (χ3v) is 2.40. The van der Waals surface area contributed by atoms with E-state index >= 15 is 0 Å². The van der Waals surface area contributed by atoms with Gasteiger partial charge in [0.15, 0.2) is 5.82 Å². The smallest absolute Gasteiger partial charge is 0.258 e.